The van der Waals surface area contributed by atoms with Gasteiger partial charge in [-0.1, -0.05) is 17.9 Å². The molecule has 3 atom stereocenters. The Kier molecular flexibility index (Phi) is 8.24. The van der Waals surface area contributed by atoms with Gasteiger partial charge in [0.2, 0.25) is 0 Å². The van der Waals surface area contributed by atoms with E-state index in [0.29, 0.717) is 31.5 Å². The summed E-state index contributed by atoms with van der Waals surface area (Å²) in [4.78, 5) is 12.6. The first-order valence-corrected chi connectivity index (χ1v) is 12.5. The molecule has 0 spiro atoms. The van der Waals surface area contributed by atoms with Gasteiger partial charge in [-0.05, 0) is 53.9 Å². The molecule has 3 unspecified atom stereocenters. The van der Waals surface area contributed by atoms with Gasteiger partial charge in [0.05, 0.1) is 12.6 Å². The Balaban J connectivity index is 1.74. The molecule has 9 heteroatoms. The van der Waals surface area contributed by atoms with Crippen molar-refractivity contribution in [1.29, 1.82) is 0 Å². The van der Waals surface area contributed by atoms with Crippen LogP contribution in [0.1, 0.15) is 22.3 Å². The molecule has 0 saturated carbocycles. The predicted molar refractivity (Wildman–Crippen MR) is 124 cm³/mol. The molecule has 2 aromatic carbocycles. The van der Waals surface area contributed by atoms with Gasteiger partial charge in [-0.25, -0.2) is 8.42 Å². The van der Waals surface area contributed by atoms with Crippen LogP contribution in [0.4, 0.5) is 0 Å². The van der Waals surface area contributed by atoms with Crippen LogP contribution in [0.15, 0.2) is 42.5 Å². The van der Waals surface area contributed by atoms with Crippen molar-refractivity contribution in [2.24, 2.45) is 5.73 Å². The Morgan fingerprint density at radius 2 is 1.82 bits per heavy atom. The minimum Gasteiger partial charge on any atom is -0.491 e. The summed E-state index contributed by atoms with van der Waals surface area (Å²) in [5.74, 6) is 6.91. The maximum atomic E-state index is 12.3. The number of fused-ring (bicyclic) bond motifs is 1. The summed E-state index contributed by atoms with van der Waals surface area (Å²) in [5.41, 5.74) is 9.27. The van der Waals surface area contributed by atoms with E-state index in [-0.39, 0.29) is 13.2 Å². The molecule has 0 bridgehead atoms. The Morgan fingerprint density at radius 3 is 2.45 bits per heavy atom. The van der Waals surface area contributed by atoms with Crippen LogP contribution in [0, 0.1) is 11.8 Å². The van der Waals surface area contributed by atoms with Crippen molar-refractivity contribution in [3.05, 3.63) is 64.7 Å². The minimum absolute atomic E-state index is 0.0422. The molecule has 1 heterocycles. The van der Waals surface area contributed by atoms with E-state index < -0.39 is 27.4 Å². The molecular weight excluding hydrogens is 444 g/mol. The second-order valence-corrected chi connectivity index (χ2v) is 10.1. The monoisotopic (exact) mass is 472 g/mol. The minimum atomic E-state index is -3.68. The number of nitrogens with two attached hydrogens (primary N) is 1. The average molecular weight is 473 g/mol. The van der Waals surface area contributed by atoms with E-state index in [1.54, 1.807) is 17.0 Å². The third-order valence-electron chi connectivity index (χ3n) is 5.46. The molecule has 8 nitrogen and oxygen atoms in total. The molecule has 0 radical (unpaired) electrons. The normalized spacial score (nSPS) is 16.6. The number of carbonyl (C=O) groups is 1. The van der Waals surface area contributed by atoms with Crippen molar-refractivity contribution < 1.29 is 28.2 Å². The number of rotatable bonds is 8. The summed E-state index contributed by atoms with van der Waals surface area (Å²) < 4.78 is 30.0. The number of hydrogen-bond donors (Lipinski definition) is 3. The maximum Gasteiger partial charge on any atom is 0.166 e. The highest BCUT2D eigenvalue weighted by Gasteiger charge is 2.39. The largest absolute Gasteiger partial charge is 0.491 e. The second kappa shape index (κ2) is 10.9. The molecule has 0 amide bonds. The van der Waals surface area contributed by atoms with Gasteiger partial charge in [-0.15, -0.1) is 0 Å². The highest BCUT2D eigenvalue weighted by molar-refractivity contribution is 7.91. The summed E-state index contributed by atoms with van der Waals surface area (Å²) in [7, 11) is -3.68. The molecule has 0 saturated heterocycles. The first-order chi connectivity index (χ1) is 15.7. The highest BCUT2D eigenvalue weighted by atomic mass is 32.2. The number of aliphatic hydroxyl groups excluding tert-OH is 2. The Hall–Kier alpha value is -2.74. The summed E-state index contributed by atoms with van der Waals surface area (Å²) in [6, 6.07) is 11.8. The number of sulfone groups is 1. The zero-order valence-corrected chi connectivity index (χ0v) is 19.2. The van der Waals surface area contributed by atoms with E-state index in [1.807, 2.05) is 30.3 Å². The smallest absolute Gasteiger partial charge is 0.166 e. The number of aldehydes is 1. The van der Waals surface area contributed by atoms with Gasteiger partial charge in [0.15, 0.2) is 9.84 Å². The van der Waals surface area contributed by atoms with Crippen molar-refractivity contribution in [2.45, 2.75) is 30.5 Å². The lowest BCUT2D eigenvalue weighted by atomic mass is 9.96. The van der Waals surface area contributed by atoms with E-state index in [2.05, 4.69) is 11.8 Å². The van der Waals surface area contributed by atoms with Gasteiger partial charge in [-0.2, -0.15) is 0 Å². The van der Waals surface area contributed by atoms with Gasteiger partial charge in [0.25, 0.3) is 0 Å². The van der Waals surface area contributed by atoms with E-state index >= 15 is 0 Å². The van der Waals surface area contributed by atoms with Crippen LogP contribution in [0.25, 0.3) is 0 Å². The van der Waals surface area contributed by atoms with Crippen molar-refractivity contribution in [3.63, 3.8) is 0 Å². The van der Waals surface area contributed by atoms with Crippen LogP contribution in [0.5, 0.6) is 5.75 Å². The summed E-state index contributed by atoms with van der Waals surface area (Å²) in [6.45, 7) is 0.920. The fraction of sp³-hybridized carbons (Fsp3) is 0.375. The van der Waals surface area contributed by atoms with E-state index in [4.69, 9.17) is 15.6 Å². The van der Waals surface area contributed by atoms with E-state index in [0.717, 1.165) is 28.5 Å². The molecule has 3 rings (SSSR count). The van der Waals surface area contributed by atoms with Gasteiger partial charge >= 0.3 is 0 Å². The van der Waals surface area contributed by atoms with Crippen molar-refractivity contribution in [2.75, 3.05) is 26.0 Å². The van der Waals surface area contributed by atoms with Gasteiger partial charge < -0.3 is 25.5 Å². The van der Waals surface area contributed by atoms with E-state index in [9.17, 15) is 18.3 Å². The molecule has 1 aliphatic rings. The highest BCUT2D eigenvalue weighted by Crippen LogP contribution is 2.25. The maximum absolute atomic E-state index is 12.3. The zero-order chi connectivity index (χ0) is 24.0. The third-order valence-corrected chi connectivity index (χ3v) is 6.91. The molecule has 0 aliphatic carbocycles. The van der Waals surface area contributed by atoms with Gasteiger partial charge in [0, 0.05) is 30.5 Å². The van der Waals surface area contributed by atoms with E-state index in [1.165, 1.54) is 0 Å². The van der Waals surface area contributed by atoms with Crippen LogP contribution in [-0.4, -0.2) is 73.4 Å². The predicted octanol–water partition coefficient (Wildman–Crippen LogP) is 0.0734. The van der Waals surface area contributed by atoms with Gasteiger partial charge in [-0.3, -0.25) is 4.90 Å². The third kappa shape index (κ3) is 6.41. The molecule has 1 aliphatic heterocycles. The van der Waals surface area contributed by atoms with Crippen molar-refractivity contribution in [3.8, 4) is 17.6 Å². The Bertz CT molecular complexity index is 1140. The van der Waals surface area contributed by atoms with Crippen LogP contribution in [0.2, 0.25) is 0 Å². The summed E-state index contributed by atoms with van der Waals surface area (Å²) in [6.07, 6.45) is 0.473. The molecular formula is C24H28N2O6S. The average Bonchev–Trinajstić information content (AvgIpc) is 2.80. The lowest BCUT2D eigenvalue weighted by molar-refractivity contribution is -0.111. The number of ether oxygens (including phenoxy) is 1. The molecule has 0 fully saturated rings. The number of benzene rings is 2. The molecule has 0 aromatic heterocycles. The number of hydrogen-bond acceptors (Lipinski definition) is 8. The van der Waals surface area contributed by atoms with Crippen molar-refractivity contribution >= 4 is 16.1 Å². The molecule has 33 heavy (non-hydrogen) atoms. The number of carbonyl (C=O) groups excluding carboxylic acids is 1. The first-order valence-electron chi connectivity index (χ1n) is 10.5. The lowest BCUT2D eigenvalue weighted by Gasteiger charge is -2.37. The topological polar surface area (TPSA) is 130 Å². The fourth-order valence-electron chi connectivity index (χ4n) is 3.82. The second-order valence-electron chi connectivity index (χ2n) is 7.97. The van der Waals surface area contributed by atoms with Crippen LogP contribution >= 0.6 is 0 Å². The van der Waals surface area contributed by atoms with Crippen LogP contribution < -0.4 is 10.5 Å². The van der Waals surface area contributed by atoms with Crippen LogP contribution in [0.3, 0.4) is 0 Å². The SMILES string of the molecule is CS(=O)(=O)C(C(O)C(N)C=O)N1CCc2cc(C#Cc3ccc(OCCO)cc3)ccc2C1. The van der Waals surface area contributed by atoms with Gasteiger partial charge in [0.1, 0.15) is 30.1 Å². The quantitative estimate of drug-likeness (QED) is 0.364. The molecule has 2 aromatic rings. The summed E-state index contributed by atoms with van der Waals surface area (Å²) >= 11 is 0. The van der Waals surface area contributed by atoms with Crippen LogP contribution in [-0.2, 0) is 27.6 Å². The Morgan fingerprint density at radius 1 is 1.15 bits per heavy atom. The number of nitrogens with zero attached hydrogens (tertiary/aromatic N) is 1. The van der Waals surface area contributed by atoms with Crippen molar-refractivity contribution in [1.82, 2.24) is 4.90 Å². The fourth-order valence-corrected chi connectivity index (χ4v) is 5.23. The lowest BCUT2D eigenvalue weighted by Crippen LogP contribution is -2.56. The zero-order valence-electron chi connectivity index (χ0n) is 18.3. The summed E-state index contributed by atoms with van der Waals surface area (Å²) in [5, 5.41) is 17.9. The Labute approximate surface area is 193 Å². The molecule has 176 valence electrons. The standard InChI is InChI=1S/C24H28N2O6S/c1-33(30,31)24(23(29)22(25)16-28)26-11-10-19-14-18(4-7-20(19)15-26)3-2-17-5-8-21(9-6-17)32-13-12-27/h4-9,14,16,22-24,27,29H,10-13,15,25H2,1H3. The first kappa shape index (κ1) is 24.9. The number of aliphatic hydroxyl groups is 2. The molecule has 4 N–H and O–H groups in total.